The van der Waals surface area contributed by atoms with Crippen LogP contribution in [0.15, 0.2) is 71.7 Å². The predicted molar refractivity (Wildman–Crippen MR) is 83.4 cm³/mol. The number of rotatable bonds is 3. The average Bonchev–Trinajstić information content (AvgIpc) is 2.53. The summed E-state index contributed by atoms with van der Waals surface area (Å²) in [6, 6.07) is 20.5. The van der Waals surface area contributed by atoms with Crippen LogP contribution in [0.25, 0.3) is 10.8 Å². The molecule has 104 valence electrons. The lowest BCUT2D eigenvalue weighted by Crippen LogP contribution is -2.99. The molecule has 2 N–H and O–H groups in total. The lowest BCUT2D eigenvalue weighted by Gasteiger charge is -2.15. The van der Waals surface area contributed by atoms with Crippen molar-refractivity contribution in [2.24, 2.45) is 4.99 Å². The molecule has 0 fully saturated rings. The number of para-hydroxylation sites is 1. The first-order valence-corrected chi connectivity index (χ1v) is 6.60. The fourth-order valence-electron chi connectivity index (χ4n) is 2.31. The highest BCUT2D eigenvalue weighted by atomic mass is 16.8. The van der Waals surface area contributed by atoms with Crippen molar-refractivity contribution in [3.8, 4) is 0 Å². The van der Waals surface area contributed by atoms with Gasteiger partial charge < -0.3 is 5.21 Å². The summed E-state index contributed by atoms with van der Waals surface area (Å²) in [6.07, 6.45) is 1.71. The van der Waals surface area contributed by atoms with E-state index in [9.17, 15) is 10.4 Å². The fraction of sp³-hybridized carbons (Fsp3) is 0. The second kappa shape index (κ2) is 5.85. The van der Waals surface area contributed by atoms with Crippen LogP contribution < -0.4 is 5.23 Å². The molecule has 0 aliphatic carbocycles. The third-order valence-corrected chi connectivity index (χ3v) is 3.28. The van der Waals surface area contributed by atoms with Gasteiger partial charge in [0.1, 0.15) is 0 Å². The summed E-state index contributed by atoms with van der Waals surface area (Å²) in [5, 5.41) is 21.4. The van der Waals surface area contributed by atoms with E-state index in [0.717, 1.165) is 16.6 Å². The number of benzene rings is 3. The number of fused-ring (bicyclic) bond motifs is 1. The molecule has 0 aromatic heterocycles. The zero-order valence-electron chi connectivity index (χ0n) is 11.2. The monoisotopic (exact) mass is 278 g/mol. The van der Waals surface area contributed by atoms with E-state index < -0.39 is 5.23 Å². The number of hydrogen-bond donors (Lipinski definition) is 2. The SMILES string of the molecule is [O-][NH+](O)c1cccc2cccc(C=Nc3ccccc3)c12. The third-order valence-electron chi connectivity index (χ3n) is 3.28. The molecule has 4 heteroatoms. The molecule has 0 amide bonds. The lowest BCUT2D eigenvalue weighted by molar-refractivity contribution is -0.990. The molecule has 0 saturated heterocycles. The number of aliphatic imine (C=N–C) groups is 1. The van der Waals surface area contributed by atoms with Gasteiger partial charge in [-0.25, -0.2) is 5.21 Å². The summed E-state index contributed by atoms with van der Waals surface area (Å²) in [5.74, 6) is 0. The molecule has 3 rings (SSSR count). The molecule has 0 heterocycles. The van der Waals surface area contributed by atoms with Crippen LogP contribution in [0.4, 0.5) is 11.4 Å². The van der Waals surface area contributed by atoms with Gasteiger partial charge in [-0.05, 0) is 17.5 Å². The van der Waals surface area contributed by atoms with Gasteiger partial charge >= 0.3 is 0 Å². The zero-order valence-corrected chi connectivity index (χ0v) is 11.2. The topological polar surface area (TPSA) is 60.1 Å². The van der Waals surface area contributed by atoms with Crippen molar-refractivity contribution in [2.75, 3.05) is 0 Å². The van der Waals surface area contributed by atoms with Crippen LogP contribution in [0.5, 0.6) is 0 Å². The van der Waals surface area contributed by atoms with Gasteiger partial charge in [0.2, 0.25) is 0 Å². The Labute approximate surface area is 122 Å². The number of nitrogens with one attached hydrogen (secondary N) is 1. The molecule has 4 nitrogen and oxygen atoms in total. The van der Waals surface area contributed by atoms with Gasteiger partial charge in [-0.3, -0.25) is 4.99 Å². The zero-order chi connectivity index (χ0) is 14.7. The van der Waals surface area contributed by atoms with Crippen molar-refractivity contribution in [3.63, 3.8) is 0 Å². The van der Waals surface area contributed by atoms with Crippen molar-refractivity contribution in [3.05, 3.63) is 77.5 Å². The standard InChI is InChI=1S/C17H14N2O2/c20-19(21)16-11-5-7-13-6-4-8-14(17(13)16)12-18-15-9-2-1-3-10-15/h1-12,19-20H. The van der Waals surface area contributed by atoms with Gasteiger partial charge in [0.05, 0.1) is 11.1 Å². The molecule has 0 aliphatic rings. The minimum Gasteiger partial charge on any atom is -0.595 e. The Morgan fingerprint density at radius 3 is 2.33 bits per heavy atom. The summed E-state index contributed by atoms with van der Waals surface area (Å²) in [6.45, 7) is 0. The second-order valence-corrected chi connectivity index (χ2v) is 4.65. The molecule has 0 bridgehead atoms. The van der Waals surface area contributed by atoms with E-state index in [4.69, 9.17) is 0 Å². The maximum Gasteiger partial charge on any atom is 0.172 e. The Balaban J connectivity index is 2.12. The van der Waals surface area contributed by atoms with Crippen molar-refractivity contribution < 1.29 is 10.4 Å². The van der Waals surface area contributed by atoms with Crippen LogP contribution >= 0.6 is 0 Å². The molecule has 0 saturated carbocycles. The Morgan fingerprint density at radius 1 is 0.905 bits per heavy atom. The van der Waals surface area contributed by atoms with Crippen molar-refractivity contribution in [1.82, 2.24) is 0 Å². The molecular formula is C17H14N2O2. The van der Waals surface area contributed by atoms with E-state index in [1.165, 1.54) is 0 Å². The Morgan fingerprint density at radius 2 is 1.62 bits per heavy atom. The minimum absolute atomic E-state index is 0.294. The van der Waals surface area contributed by atoms with Crippen LogP contribution in [-0.4, -0.2) is 11.4 Å². The first-order valence-electron chi connectivity index (χ1n) is 6.60. The average molecular weight is 278 g/mol. The number of hydrogen-bond acceptors (Lipinski definition) is 3. The lowest BCUT2D eigenvalue weighted by atomic mass is 10.0. The van der Waals surface area contributed by atoms with Gasteiger partial charge in [0.25, 0.3) is 0 Å². The maximum atomic E-state index is 11.4. The van der Waals surface area contributed by atoms with E-state index in [2.05, 4.69) is 4.99 Å². The summed E-state index contributed by atoms with van der Waals surface area (Å²) >= 11 is 0. The maximum absolute atomic E-state index is 11.4. The molecular weight excluding hydrogens is 264 g/mol. The van der Waals surface area contributed by atoms with Gasteiger partial charge in [-0.1, -0.05) is 48.5 Å². The summed E-state index contributed by atoms with van der Waals surface area (Å²) in [4.78, 5) is 4.41. The first-order chi connectivity index (χ1) is 10.3. The quantitative estimate of drug-likeness (QED) is 0.571. The molecule has 0 spiro atoms. The summed E-state index contributed by atoms with van der Waals surface area (Å²) in [7, 11) is 0. The largest absolute Gasteiger partial charge is 0.595 e. The van der Waals surface area contributed by atoms with Crippen LogP contribution in [0.3, 0.4) is 0 Å². The molecule has 1 unspecified atom stereocenters. The fourth-order valence-corrected chi connectivity index (χ4v) is 2.31. The van der Waals surface area contributed by atoms with Gasteiger partial charge in [0.15, 0.2) is 5.69 Å². The molecule has 0 aliphatic heterocycles. The van der Waals surface area contributed by atoms with Crippen molar-refractivity contribution >= 4 is 28.4 Å². The molecule has 0 radical (unpaired) electrons. The smallest absolute Gasteiger partial charge is 0.172 e. The van der Waals surface area contributed by atoms with Gasteiger partial charge in [-0.15, -0.1) is 0 Å². The Kier molecular flexibility index (Phi) is 3.75. The van der Waals surface area contributed by atoms with E-state index in [1.807, 2.05) is 54.6 Å². The summed E-state index contributed by atoms with van der Waals surface area (Å²) < 4.78 is 0. The van der Waals surface area contributed by atoms with Crippen LogP contribution in [0.2, 0.25) is 0 Å². The predicted octanol–water partition coefficient (Wildman–Crippen LogP) is 2.99. The van der Waals surface area contributed by atoms with E-state index in [1.54, 1.807) is 18.3 Å². The van der Waals surface area contributed by atoms with Crippen molar-refractivity contribution in [2.45, 2.75) is 0 Å². The second-order valence-electron chi connectivity index (χ2n) is 4.65. The minimum atomic E-state index is -0.929. The Bertz CT molecular complexity index is 778. The third kappa shape index (κ3) is 2.83. The van der Waals surface area contributed by atoms with E-state index >= 15 is 0 Å². The van der Waals surface area contributed by atoms with Crippen LogP contribution in [-0.2, 0) is 0 Å². The molecule has 21 heavy (non-hydrogen) atoms. The highest BCUT2D eigenvalue weighted by molar-refractivity contribution is 6.04. The summed E-state index contributed by atoms with van der Waals surface area (Å²) in [5.41, 5.74) is 1.93. The van der Waals surface area contributed by atoms with Crippen LogP contribution in [0, 0.1) is 5.21 Å². The molecule has 3 aromatic carbocycles. The first kappa shape index (κ1) is 13.5. The van der Waals surface area contributed by atoms with E-state index in [-0.39, 0.29) is 0 Å². The van der Waals surface area contributed by atoms with Gasteiger partial charge in [-0.2, -0.15) is 5.23 Å². The van der Waals surface area contributed by atoms with Crippen molar-refractivity contribution in [1.29, 1.82) is 0 Å². The highest BCUT2D eigenvalue weighted by Crippen LogP contribution is 2.24. The Hall–Kier alpha value is -2.53. The molecule has 1 atom stereocenters. The van der Waals surface area contributed by atoms with E-state index in [0.29, 0.717) is 11.1 Å². The highest BCUT2D eigenvalue weighted by Gasteiger charge is 2.09. The normalized spacial score (nSPS) is 12.9. The molecule has 3 aromatic rings. The number of quaternary nitrogens is 1. The van der Waals surface area contributed by atoms with Gasteiger partial charge in [0, 0.05) is 17.8 Å². The number of nitrogens with zero attached hydrogens (tertiary/aromatic N) is 1. The van der Waals surface area contributed by atoms with Crippen LogP contribution in [0.1, 0.15) is 5.56 Å².